The fourth-order valence-electron chi connectivity index (χ4n) is 2.09. The molecule has 0 bridgehead atoms. The molecular weight excluding hydrogens is 208 g/mol. The second kappa shape index (κ2) is 3.74. The summed E-state index contributed by atoms with van der Waals surface area (Å²) in [6.45, 7) is 2.12. The average molecular weight is 223 g/mol. The molecule has 17 heavy (non-hydrogen) atoms. The molecule has 3 rings (SSSR count). The molecule has 0 spiro atoms. The largest absolute Gasteiger partial charge is 0.355 e. The van der Waals surface area contributed by atoms with E-state index in [1.54, 1.807) is 0 Å². The molecule has 0 radical (unpaired) electrons. The Kier molecular flexibility index (Phi) is 2.22. The third-order valence-corrected chi connectivity index (χ3v) is 3.07. The van der Waals surface area contributed by atoms with Crippen LogP contribution in [0.4, 0.5) is 0 Å². The second-order valence-corrected chi connectivity index (χ2v) is 4.53. The summed E-state index contributed by atoms with van der Waals surface area (Å²) >= 11 is 0. The third-order valence-electron chi connectivity index (χ3n) is 3.07. The highest BCUT2D eigenvalue weighted by Gasteiger charge is 2.04. The van der Waals surface area contributed by atoms with Crippen LogP contribution in [0.15, 0.2) is 48.8 Å². The van der Waals surface area contributed by atoms with Crippen molar-refractivity contribution in [1.82, 2.24) is 4.98 Å². The number of fused-ring (bicyclic) bond motifs is 1. The van der Waals surface area contributed by atoms with Gasteiger partial charge in [-0.15, -0.1) is 0 Å². The molecule has 2 heteroatoms. The van der Waals surface area contributed by atoms with Gasteiger partial charge in [0, 0.05) is 34.3 Å². The summed E-state index contributed by atoms with van der Waals surface area (Å²) in [6, 6.07) is 12.9. The Labute approximate surface area is 101 Å². The molecule has 0 unspecified atom stereocenters. The van der Waals surface area contributed by atoms with Crippen LogP contribution in [0.2, 0.25) is 0 Å². The predicted molar refractivity (Wildman–Crippen MR) is 69.6 cm³/mol. The van der Waals surface area contributed by atoms with E-state index in [4.69, 9.17) is 0 Å². The smallest absolute Gasteiger partial charge is 0.169 e. The minimum Gasteiger partial charge on any atom is -0.355 e. The average Bonchev–Trinajstić information content (AvgIpc) is 2.72. The monoisotopic (exact) mass is 223 g/mol. The predicted octanol–water partition coefficient (Wildman–Crippen LogP) is 2.97. The van der Waals surface area contributed by atoms with Crippen LogP contribution >= 0.6 is 0 Å². The second-order valence-electron chi connectivity index (χ2n) is 4.53. The number of aryl methyl sites for hydroxylation is 2. The summed E-state index contributed by atoms with van der Waals surface area (Å²) in [4.78, 5) is 3.45. The molecule has 2 nitrogen and oxygen atoms in total. The van der Waals surface area contributed by atoms with Crippen LogP contribution < -0.4 is 4.57 Å². The van der Waals surface area contributed by atoms with Crippen LogP contribution in [-0.2, 0) is 7.05 Å². The van der Waals surface area contributed by atoms with Crippen molar-refractivity contribution in [3.63, 3.8) is 0 Å². The van der Waals surface area contributed by atoms with Gasteiger partial charge in [0.2, 0.25) is 0 Å². The van der Waals surface area contributed by atoms with Gasteiger partial charge in [-0.05, 0) is 25.1 Å². The van der Waals surface area contributed by atoms with E-state index in [9.17, 15) is 0 Å². The van der Waals surface area contributed by atoms with Gasteiger partial charge in [-0.1, -0.05) is 11.6 Å². The zero-order chi connectivity index (χ0) is 11.8. The first-order valence-corrected chi connectivity index (χ1v) is 5.77. The zero-order valence-corrected chi connectivity index (χ0v) is 10.1. The van der Waals surface area contributed by atoms with Crippen LogP contribution in [0, 0.1) is 6.92 Å². The molecule has 0 aliphatic heterocycles. The van der Waals surface area contributed by atoms with Gasteiger partial charge in [-0.2, -0.15) is 0 Å². The molecule has 1 aromatic carbocycles. The molecule has 2 aromatic heterocycles. The molecule has 0 aliphatic carbocycles. The lowest BCUT2D eigenvalue weighted by Gasteiger charge is -1.94. The molecule has 3 aromatic rings. The first kappa shape index (κ1) is 10.1. The van der Waals surface area contributed by atoms with Crippen LogP contribution in [0.3, 0.4) is 0 Å². The van der Waals surface area contributed by atoms with E-state index in [1.165, 1.54) is 27.7 Å². The van der Waals surface area contributed by atoms with Gasteiger partial charge < -0.3 is 4.98 Å². The zero-order valence-electron chi connectivity index (χ0n) is 10.1. The van der Waals surface area contributed by atoms with E-state index in [0.29, 0.717) is 0 Å². The summed E-state index contributed by atoms with van der Waals surface area (Å²) in [5.41, 5.74) is 4.88. The number of benzene rings is 1. The van der Waals surface area contributed by atoms with E-state index in [0.717, 1.165) is 0 Å². The summed E-state index contributed by atoms with van der Waals surface area (Å²) in [6.07, 6.45) is 4.12. The molecule has 1 N–H and O–H groups in total. The molecule has 0 aliphatic rings. The number of nitrogens with zero attached hydrogens (tertiary/aromatic N) is 1. The molecule has 0 saturated heterocycles. The summed E-state index contributed by atoms with van der Waals surface area (Å²) in [5.74, 6) is 0. The van der Waals surface area contributed by atoms with E-state index in [-0.39, 0.29) is 0 Å². The Hall–Kier alpha value is -2.09. The number of H-pyrrole nitrogens is 1. The van der Waals surface area contributed by atoms with Crippen molar-refractivity contribution in [2.24, 2.45) is 7.05 Å². The topological polar surface area (TPSA) is 19.7 Å². The van der Waals surface area contributed by atoms with Crippen molar-refractivity contribution in [3.05, 3.63) is 54.4 Å². The summed E-state index contributed by atoms with van der Waals surface area (Å²) < 4.78 is 2.04. The van der Waals surface area contributed by atoms with Crippen LogP contribution in [-0.4, -0.2) is 4.98 Å². The fraction of sp³-hybridized carbons (Fsp3) is 0.133. The maximum Gasteiger partial charge on any atom is 0.169 e. The highest BCUT2D eigenvalue weighted by Crippen LogP contribution is 2.23. The quantitative estimate of drug-likeness (QED) is 0.612. The van der Waals surface area contributed by atoms with E-state index < -0.39 is 0 Å². The minimum atomic E-state index is 1.17. The van der Waals surface area contributed by atoms with Crippen LogP contribution in [0.5, 0.6) is 0 Å². The van der Waals surface area contributed by atoms with E-state index in [2.05, 4.69) is 60.7 Å². The normalized spacial score (nSPS) is 10.9. The highest BCUT2D eigenvalue weighted by atomic mass is 14.9. The number of rotatable bonds is 1. The lowest BCUT2D eigenvalue weighted by molar-refractivity contribution is -0.671. The first-order chi connectivity index (χ1) is 8.22. The van der Waals surface area contributed by atoms with Crippen molar-refractivity contribution in [3.8, 4) is 11.3 Å². The Bertz CT molecular complexity index is 663. The van der Waals surface area contributed by atoms with Gasteiger partial charge in [0.25, 0.3) is 0 Å². The van der Waals surface area contributed by atoms with Crippen molar-refractivity contribution in [2.45, 2.75) is 6.92 Å². The van der Waals surface area contributed by atoms with Gasteiger partial charge in [-0.3, -0.25) is 0 Å². The lowest BCUT2D eigenvalue weighted by Crippen LogP contribution is -2.25. The standard InChI is InChI=1S/C15H14N2/c1-11-3-4-14-13(9-11)10-15(16-14)12-5-7-17(2)8-6-12/h3-10H,1-2H3/p+1. The number of hydrogen-bond acceptors (Lipinski definition) is 0. The number of aromatic nitrogens is 2. The van der Waals surface area contributed by atoms with Crippen molar-refractivity contribution in [1.29, 1.82) is 0 Å². The van der Waals surface area contributed by atoms with E-state index in [1.807, 2.05) is 11.6 Å². The molecule has 2 heterocycles. The molecular formula is C15H15N2+. The van der Waals surface area contributed by atoms with Crippen molar-refractivity contribution < 1.29 is 4.57 Å². The fourth-order valence-corrected chi connectivity index (χ4v) is 2.09. The first-order valence-electron chi connectivity index (χ1n) is 5.77. The third kappa shape index (κ3) is 1.82. The van der Waals surface area contributed by atoms with Crippen LogP contribution in [0.1, 0.15) is 5.56 Å². The van der Waals surface area contributed by atoms with E-state index >= 15 is 0 Å². The number of aromatic amines is 1. The van der Waals surface area contributed by atoms with Gasteiger partial charge >= 0.3 is 0 Å². The van der Waals surface area contributed by atoms with Crippen LogP contribution in [0.25, 0.3) is 22.2 Å². The highest BCUT2D eigenvalue weighted by molar-refractivity contribution is 5.86. The Morgan fingerprint density at radius 3 is 2.53 bits per heavy atom. The summed E-state index contributed by atoms with van der Waals surface area (Å²) in [7, 11) is 2.03. The van der Waals surface area contributed by atoms with Gasteiger partial charge in [0.15, 0.2) is 12.4 Å². The molecule has 0 amide bonds. The Morgan fingerprint density at radius 1 is 1.00 bits per heavy atom. The molecule has 0 saturated carbocycles. The number of pyridine rings is 1. The summed E-state index contributed by atoms with van der Waals surface area (Å²) in [5, 5.41) is 1.27. The Balaban J connectivity index is 2.14. The van der Waals surface area contributed by atoms with Crippen molar-refractivity contribution >= 4 is 10.9 Å². The van der Waals surface area contributed by atoms with Gasteiger partial charge in [0.05, 0.1) is 0 Å². The molecule has 0 atom stereocenters. The maximum atomic E-state index is 3.45. The Morgan fingerprint density at radius 2 is 1.76 bits per heavy atom. The van der Waals surface area contributed by atoms with Gasteiger partial charge in [-0.25, -0.2) is 4.57 Å². The molecule has 0 fully saturated rings. The number of nitrogens with one attached hydrogen (secondary N) is 1. The minimum absolute atomic E-state index is 1.17. The SMILES string of the molecule is Cc1ccc2[nH]c(-c3cc[n+](C)cc3)cc2c1. The number of hydrogen-bond donors (Lipinski definition) is 1. The van der Waals surface area contributed by atoms with Crippen molar-refractivity contribution in [2.75, 3.05) is 0 Å². The van der Waals surface area contributed by atoms with Gasteiger partial charge in [0.1, 0.15) is 7.05 Å². The maximum absolute atomic E-state index is 3.45. The lowest BCUT2D eigenvalue weighted by atomic mass is 10.1. The molecule has 84 valence electrons.